The van der Waals surface area contributed by atoms with E-state index in [9.17, 15) is 22.8 Å². The zero-order chi connectivity index (χ0) is 26.1. The summed E-state index contributed by atoms with van der Waals surface area (Å²) < 4.78 is 45.8. The summed E-state index contributed by atoms with van der Waals surface area (Å²) in [6, 6.07) is 11.5. The van der Waals surface area contributed by atoms with Crippen LogP contribution in [0.5, 0.6) is 5.75 Å². The molecule has 0 spiro atoms. The number of ether oxygens (including phenoxy) is 1. The largest absolute Gasteiger partial charge is 0.494 e. The van der Waals surface area contributed by atoms with Gasteiger partial charge in [0.15, 0.2) is 5.16 Å². The fourth-order valence-electron chi connectivity index (χ4n) is 3.26. The van der Waals surface area contributed by atoms with E-state index in [0.717, 1.165) is 17.9 Å². The molecule has 2 aromatic carbocycles. The number of hydrogen-bond acceptors (Lipinski definition) is 6. The smallest absolute Gasteiger partial charge is 0.416 e. The van der Waals surface area contributed by atoms with Crippen molar-refractivity contribution in [2.75, 3.05) is 23.0 Å². The fourth-order valence-corrected chi connectivity index (χ4v) is 4.21. The van der Waals surface area contributed by atoms with Gasteiger partial charge in [0, 0.05) is 30.1 Å². The Kier molecular flexibility index (Phi) is 9.34. The summed E-state index contributed by atoms with van der Waals surface area (Å²) in [4.78, 5) is 24.7. The highest BCUT2D eigenvalue weighted by Gasteiger charge is 2.30. The summed E-state index contributed by atoms with van der Waals surface area (Å²) in [6.45, 7) is 4.80. The standard InChI is InChI=1S/C24H26F3N5O3S/c1-3-32-20(15-22(34)29-18-7-5-6-16(14-18)24(25,26)27)30-31-23(32)36-13-12-21(33)28-17-8-10-19(11-9-17)35-4-2/h5-11,14H,3-4,12-13,15H2,1-2H3,(H,28,33)(H,29,34). The van der Waals surface area contributed by atoms with Gasteiger partial charge in [-0.05, 0) is 56.3 Å². The number of aromatic nitrogens is 3. The van der Waals surface area contributed by atoms with Gasteiger partial charge >= 0.3 is 6.18 Å². The lowest BCUT2D eigenvalue weighted by Gasteiger charge is -2.10. The lowest BCUT2D eigenvalue weighted by atomic mass is 10.2. The molecule has 0 unspecified atom stereocenters. The number of amides is 2. The van der Waals surface area contributed by atoms with Crippen molar-refractivity contribution in [2.24, 2.45) is 0 Å². The second-order valence-electron chi connectivity index (χ2n) is 7.55. The number of carbonyl (C=O) groups is 2. The van der Waals surface area contributed by atoms with Crippen molar-refractivity contribution in [3.63, 3.8) is 0 Å². The third-order valence-corrected chi connectivity index (χ3v) is 5.88. The number of nitrogens with one attached hydrogen (secondary N) is 2. The molecule has 0 saturated carbocycles. The first-order valence-corrected chi connectivity index (χ1v) is 12.2. The monoisotopic (exact) mass is 521 g/mol. The Morgan fingerprint density at radius 3 is 2.39 bits per heavy atom. The average Bonchev–Trinajstić information content (AvgIpc) is 3.21. The maximum atomic E-state index is 12.9. The summed E-state index contributed by atoms with van der Waals surface area (Å²) in [5, 5.41) is 14.0. The molecule has 1 heterocycles. The molecular weight excluding hydrogens is 495 g/mol. The van der Waals surface area contributed by atoms with E-state index in [2.05, 4.69) is 20.8 Å². The minimum Gasteiger partial charge on any atom is -0.494 e. The summed E-state index contributed by atoms with van der Waals surface area (Å²) >= 11 is 1.33. The summed E-state index contributed by atoms with van der Waals surface area (Å²) in [7, 11) is 0. The van der Waals surface area contributed by atoms with Crippen molar-refractivity contribution in [2.45, 2.75) is 44.6 Å². The molecule has 2 N–H and O–H groups in total. The van der Waals surface area contributed by atoms with Gasteiger partial charge in [0.1, 0.15) is 11.6 Å². The highest BCUT2D eigenvalue weighted by molar-refractivity contribution is 7.99. The molecule has 0 fully saturated rings. The molecule has 3 rings (SSSR count). The maximum Gasteiger partial charge on any atom is 0.416 e. The molecule has 192 valence electrons. The molecule has 0 saturated heterocycles. The van der Waals surface area contributed by atoms with Crippen LogP contribution in [0, 0.1) is 0 Å². The minimum atomic E-state index is -4.50. The van der Waals surface area contributed by atoms with Gasteiger partial charge in [0.2, 0.25) is 11.8 Å². The molecule has 36 heavy (non-hydrogen) atoms. The highest BCUT2D eigenvalue weighted by Crippen LogP contribution is 2.30. The zero-order valence-electron chi connectivity index (χ0n) is 19.8. The van der Waals surface area contributed by atoms with Gasteiger partial charge in [-0.25, -0.2) is 0 Å². The first-order valence-electron chi connectivity index (χ1n) is 11.2. The van der Waals surface area contributed by atoms with Gasteiger partial charge in [-0.3, -0.25) is 9.59 Å². The van der Waals surface area contributed by atoms with Gasteiger partial charge in [-0.15, -0.1) is 10.2 Å². The Bertz CT molecular complexity index is 1180. The molecule has 0 aliphatic rings. The van der Waals surface area contributed by atoms with Crippen molar-refractivity contribution < 1.29 is 27.5 Å². The average molecular weight is 522 g/mol. The van der Waals surface area contributed by atoms with E-state index in [1.165, 1.54) is 23.9 Å². The number of nitrogens with zero attached hydrogens (tertiary/aromatic N) is 3. The molecule has 12 heteroatoms. The molecule has 3 aromatic rings. The molecule has 2 amide bonds. The lowest BCUT2D eigenvalue weighted by molar-refractivity contribution is -0.137. The first kappa shape index (κ1) is 27.1. The zero-order valence-corrected chi connectivity index (χ0v) is 20.6. The highest BCUT2D eigenvalue weighted by atomic mass is 32.2. The Hall–Kier alpha value is -3.54. The second kappa shape index (κ2) is 12.4. The van der Waals surface area contributed by atoms with Crippen LogP contribution in [0.4, 0.5) is 24.5 Å². The number of anilines is 2. The Morgan fingerprint density at radius 2 is 1.72 bits per heavy atom. The van der Waals surface area contributed by atoms with E-state index in [4.69, 9.17) is 4.74 Å². The molecule has 0 radical (unpaired) electrons. The lowest BCUT2D eigenvalue weighted by Crippen LogP contribution is -2.18. The second-order valence-corrected chi connectivity index (χ2v) is 8.61. The fraction of sp³-hybridized carbons (Fsp3) is 0.333. The number of benzene rings is 2. The van der Waals surface area contributed by atoms with Crippen LogP contribution in [0.3, 0.4) is 0 Å². The number of carbonyl (C=O) groups excluding carboxylic acids is 2. The van der Waals surface area contributed by atoms with Crippen molar-refractivity contribution in [1.29, 1.82) is 0 Å². The van der Waals surface area contributed by atoms with Gasteiger partial charge in [0.05, 0.1) is 18.6 Å². The predicted molar refractivity (Wildman–Crippen MR) is 131 cm³/mol. The third-order valence-electron chi connectivity index (χ3n) is 4.91. The minimum absolute atomic E-state index is 0.0468. The van der Waals surface area contributed by atoms with Gasteiger partial charge in [0.25, 0.3) is 0 Å². The van der Waals surface area contributed by atoms with Crippen LogP contribution in [-0.2, 0) is 28.7 Å². The van der Waals surface area contributed by atoms with Gasteiger partial charge in [-0.2, -0.15) is 13.2 Å². The summed E-state index contributed by atoms with van der Waals surface area (Å²) in [5.41, 5.74) is -0.132. The van der Waals surface area contributed by atoms with Crippen LogP contribution in [0.15, 0.2) is 53.7 Å². The molecule has 0 atom stereocenters. The normalized spacial score (nSPS) is 11.2. The van der Waals surface area contributed by atoms with E-state index in [1.54, 1.807) is 28.8 Å². The van der Waals surface area contributed by atoms with Gasteiger partial charge in [-0.1, -0.05) is 17.8 Å². The van der Waals surface area contributed by atoms with E-state index in [1.807, 2.05) is 13.8 Å². The molecule has 0 aliphatic heterocycles. The van der Waals surface area contributed by atoms with E-state index < -0.39 is 17.6 Å². The Morgan fingerprint density at radius 1 is 1.00 bits per heavy atom. The SMILES string of the molecule is CCOc1ccc(NC(=O)CCSc2nnc(CC(=O)Nc3cccc(C(F)(F)F)c3)n2CC)cc1. The quantitative estimate of drug-likeness (QED) is 0.344. The third kappa shape index (κ3) is 7.74. The molecule has 0 bridgehead atoms. The maximum absolute atomic E-state index is 12.9. The van der Waals surface area contributed by atoms with E-state index in [-0.39, 0.29) is 24.4 Å². The summed E-state index contributed by atoms with van der Waals surface area (Å²) in [6.07, 6.45) is -4.42. The number of rotatable bonds is 11. The van der Waals surface area contributed by atoms with Crippen LogP contribution in [0.2, 0.25) is 0 Å². The molecule has 8 nitrogen and oxygen atoms in total. The van der Waals surface area contributed by atoms with Crippen molar-refractivity contribution in [3.8, 4) is 5.75 Å². The van der Waals surface area contributed by atoms with Crippen molar-refractivity contribution >= 4 is 35.0 Å². The Labute approximate surface area is 210 Å². The summed E-state index contributed by atoms with van der Waals surface area (Å²) in [5.74, 6) is 0.877. The van der Waals surface area contributed by atoms with E-state index in [0.29, 0.717) is 35.6 Å². The number of halogens is 3. The first-order chi connectivity index (χ1) is 17.2. The molecular formula is C24H26F3N5O3S. The molecule has 0 aliphatic carbocycles. The van der Waals surface area contributed by atoms with Crippen LogP contribution >= 0.6 is 11.8 Å². The predicted octanol–water partition coefficient (Wildman–Crippen LogP) is 5.02. The molecule has 1 aromatic heterocycles. The Balaban J connectivity index is 1.51. The topological polar surface area (TPSA) is 98.1 Å². The number of alkyl halides is 3. The van der Waals surface area contributed by atoms with Crippen LogP contribution in [0.25, 0.3) is 0 Å². The van der Waals surface area contributed by atoms with Gasteiger partial charge < -0.3 is 19.9 Å². The number of hydrogen-bond donors (Lipinski definition) is 2. The van der Waals surface area contributed by atoms with Crippen LogP contribution in [-0.4, -0.2) is 38.9 Å². The van der Waals surface area contributed by atoms with Crippen LogP contribution < -0.4 is 15.4 Å². The van der Waals surface area contributed by atoms with Crippen LogP contribution in [0.1, 0.15) is 31.7 Å². The van der Waals surface area contributed by atoms with Crippen molar-refractivity contribution in [3.05, 3.63) is 59.9 Å². The van der Waals surface area contributed by atoms with E-state index >= 15 is 0 Å². The van der Waals surface area contributed by atoms with Crippen molar-refractivity contribution in [1.82, 2.24) is 14.8 Å². The number of thioether (sulfide) groups is 1.